The number of nitrogens with zero attached hydrogens (tertiary/aromatic N) is 1. The van der Waals surface area contributed by atoms with E-state index in [0.717, 1.165) is 13.1 Å². The molecule has 2 aromatic rings. The molecule has 0 bridgehead atoms. The van der Waals surface area contributed by atoms with E-state index in [4.69, 9.17) is 0 Å². The van der Waals surface area contributed by atoms with Gasteiger partial charge >= 0.3 is 0 Å². The summed E-state index contributed by atoms with van der Waals surface area (Å²) in [5, 5.41) is 3.23. The minimum atomic E-state index is 0.554. The molecule has 0 spiro atoms. The minimum absolute atomic E-state index is 0.554. The summed E-state index contributed by atoms with van der Waals surface area (Å²) in [5.41, 5.74) is 5.31. The lowest BCUT2D eigenvalue weighted by atomic mass is 10.00. The van der Waals surface area contributed by atoms with Crippen LogP contribution in [0.25, 0.3) is 0 Å². The molecule has 0 heterocycles. The zero-order valence-electron chi connectivity index (χ0n) is 13.6. The predicted molar refractivity (Wildman–Crippen MR) is 92.1 cm³/mol. The van der Waals surface area contributed by atoms with E-state index in [2.05, 4.69) is 79.6 Å². The number of nitrogens with one attached hydrogen (secondary N) is 1. The first-order valence-corrected chi connectivity index (χ1v) is 7.61. The molecule has 2 rings (SSSR count). The fourth-order valence-corrected chi connectivity index (χ4v) is 2.61. The van der Waals surface area contributed by atoms with Gasteiger partial charge < -0.3 is 10.2 Å². The molecule has 2 aromatic carbocycles. The maximum atomic E-state index is 3.23. The van der Waals surface area contributed by atoms with Crippen molar-refractivity contribution in [3.8, 4) is 0 Å². The number of benzene rings is 2. The number of likely N-dealkylation sites (N-methyl/N-ethyl adjacent to an activating group) is 1. The normalized spacial score (nSPS) is 12.2. The van der Waals surface area contributed by atoms with Crippen LogP contribution >= 0.6 is 0 Å². The van der Waals surface area contributed by atoms with Crippen molar-refractivity contribution >= 4 is 5.69 Å². The highest BCUT2D eigenvalue weighted by molar-refractivity contribution is 5.48. The van der Waals surface area contributed by atoms with Crippen LogP contribution in [0.5, 0.6) is 0 Å². The molecular formula is C19H26N2. The van der Waals surface area contributed by atoms with E-state index < -0.39 is 0 Å². The molecule has 1 N–H and O–H groups in total. The molecule has 0 fully saturated rings. The van der Waals surface area contributed by atoms with Crippen molar-refractivity contribution in [2.45, 2.75) is 26.3 Å². The van der Waals surface area contributed by atoms with Gasteiger partial charge in [0.15, 0.2) is 0 Å². The van der Waals surface area contributed by atoms with Gasteiger partial charge in [-0.25, -0.2) is 0 Å². The molecule has 0 aliphatic heterocycles. The molecule has 112 valence electrons. The Labute approximate surface area is 128 Å². The van der Waals surface area contributed by atoms with Crippen LogP contribution in [0.1, 0.15) is 29.5 Å². The molecule has 2 nitrogen and oxygen atoms in total. The van der Waals surface area contributed by atoms with Gasteiger partial charge in [0.1, 0.15) is 0 Å². The van der Waals surface area contributed by atoms with Crippen LogP contribution in [0.15, 0.2) is 48.5 Å². The molecular weight excluding hydrogens is 256 g/mol. The number of hydrogen-bond acceptors (Lipinski definition) is 2. The van der Waals surface area contributed by atoms with Crippen LogP contribution in [-0.4, -0.2) is 20.6 Å². The van der Waals surface area contributed by atoms with Crippen molar-refractivity contribution in [2.75, 3.05) is 25.5 Å². The predicted octanol–water partition coefficient (Wildman–Crippen LogP) is 3.95. The lowest BCUT2D eigenvalue weighted by molar-refractivity contribution is 0.677. The Morgan fingerprint density at radius 3 is 2.43 bits per heavy atom. The molecule has 21 heavy (non-hydrogen) atoms. The van der Waals surface area contributed by atoms with Gasteiger partial charge in [0, 0.05) is 25.8 Å². The van der Waals surface area contributed by atoms with Crippen molar-refractivity contribution in [1.29, 1.82) is 0 Å². The lowest BCUT2D eigenvalue weighted by Crippen LogP contribution is -2.17. The highest BCUT2D eigenvalue weighted by atomic mass is 15.1. The summed E-state index contributed by atoms with van der Waals surface area (Å²) >= 11 is 0. The van der Waals surface area contributed by atoms with Gasteiger partial charge in [-0.1, -0.05) is 43.3 Å². The second kappa shape index (κ2) is 7.28. The van der Waals surface area contributed by atoms with E-state index in [1.165, 1.54) is 22.4 Å². The van der Waals surface area contributed by atoms with E-state index in [0.29, 0.717) is 5.92 Å². The topological polar surface area (TPSA) is 15.3 Å². The van der Waals surface area contributed by atoms with Crippen molar-refractivity contribution < 1.29 is 0 Å². The highest BCUT2D eigenvalue weighted by Crippen LogP contribution is 2.19. The number of anilines is 1. The molecule has 2 heteroatoms. The third kappa shape index (κ3) is 4.33. The standard InChI is InChI=1S/C19H26N2/c1-15-6-5-7-19(12-15)21(4)14-17-8-10-18(11-9-17)16(2)13-20-3/h5-12,16,20H,13-14H2,1-4H3. The maximum absolute atomic E-state index is 3.23. The first-order chi connectivity index (χ1) is 10.1. The molecule has 1 unspecified atom stereocenters. The molecule has 0 saturated heterocycles. The minimum Gasteiger partial charge on any atom is -0.370 e. The highest BCUT2D eigenvalue weighted by Gasteiger charge is 2.06. The van der Waals surface area contributed by atoms with Crippen LogP contribution in [0.4, 0.5) is 5.69 Å². The van der Waals surface area contributed by atoms with Crippen LogP contribution in [0.3, 0.4) is 0 Å². The van der Waals surface area contributed by atoms with Crippen LogP contribution in [0, 0.1) is 6.92 Å². The fraction of sp³-hybridized carbons (Fsp3) is 0.368. The molecule has 0 aromatic heterocycles. The van der Waals surface area contributed by atoms with Crippen molar-refractivity contribution in [3.63, 3.8) is 0 Å². The summed E-state index contributed by atoms with van der Waals surface area (Å²) in [6.07, 6.45) is 0. The van der Waals surface area contributed by atoms with Gasteiger partial charge in [0.2, 0.25) is 0 Å². The zero-order valence-corrected chi connectivity index (χ0v) is 13.6. The quantitative estimate of drug-likeness (QED) is 0.863. The van der Waals surface area contributed by atoms with Crippen molar-refractivity contribution in [2.24, 2.45) is 0 Å². The van der Waals surface area contributed by atoms with Gasteiger partial charge in [-0.2, -0.15) is 0 Å². The van der Waals surface area contributed by atoms with E-state index in [1.54, 1.807) is 0 Å². The van der Waals surface area contributed by atoms with E-state index in [9.17, 15) is 0 Å². The van der Waals surface area contributed by atoms with Crippen molar-refractivity contribution in [3.05, 3.63) is 65.2 Å². The number of rotatable bonds is 6. The Kier molecular flexibility index (Phi) is 5.40. The number of aryl methyl sites for hydroxylation is 1. The smallest absolute Gasteiger partial charge is 0.0426 e. The van der Waals surface area contributed by atoms with Gasteiger partial charge in [0.05, 0.1) is 0 Å². The summed E-state index contributed by atoms with van der Waals surface area (Å²) in [7, 11) is 4.15. The Balaban J connectivity index is 2.03. The van der Waals surface area contributed by atoms with Gasteiger partial charge in [-0.3, -0.25) is 0 Å². The average Bonchev–Trinajstić information content (AvgIpc) is 2.48. The average molecular weight is 282 g/mol. The monoisotopic (exact) mass is 282 g/mol. The van der Waals surface area contributed by atoms with Gasteiger partial charge in [0.25, 0.3) is 0 Å². The third-order valence-electron chi connectivity index (χ3n) is 3.92. The Bertz CT molecular complexity index is 560. The Morgan fingerprint density at radius 1 is 1.10 bits per heavy atom. The van der Waals surface area contributed by atoms with Crippen molar-refractivity contribution in [1.82, 2.24) is 5.32 Å². The van der Waals surface area contributed by atoms with E-state index >= 15 is 0 Å². The SMILES string of the molecule is CNCC(C)c1ccc(CN(C)c2cccc(C)c2)cc1. The molecule has 0 radical (unpaired) electrons. The van der Waals surface area contributed by atoms with Crippen LogP contribution in [-0.2, 0) is 6.54 Å². The first kappa shape index (κ1) is 15.6. The second-order valence-electron chi connectivity index (χ2n) is 5.90. The summed E-state index contributed by atoms with van der Waals surface area (Å²) in [5.74, 6) is 0.554. The fourth-order valence-electron chi connectivity index (χ4n) is 2.61. The Hall–Kier alpha value is -1.80. The molecule has 0 aliphatic carbocycles. The summed E-state index contributed by atoms with van der Waals surface area (Å²) < 4.78 is 0. The van der Waals surface area contributed by atoms with E-state index in [-0.39, 0.29) is 0 Å². The van der Waals surface area contributed by atoms with Crippen LogP contribution < -0.4 is 10.2 Å². The summed E-state index contributed by atoms with van der Waals surface area (Å²) in [6.45, 7) is 6.34. The van der Waals surface area contributed by atoms with Crippen LogP contribution in [0.2, 0.25) is 0 Å². The molecule has 0 amide bonds. The number of hydrogen-bond donors (Lipinski definition) is 1. The lowest BCUT2D eigenvalue weighted by Gasteiger charge is -2.20. The summed E-state index contributed by atoms with van der Waals surface area (Å²) in [6, 6.07) is 17.6. The molecule has 0 saturated carbocycles. The van der Waals surface area contributed by atoms with E-state index in [1.807, 2.05) is 7.05 Å². The first-order valence-electron chi connectivity index (χ1n) is 7.61. The van der Waals surface area contributed by atoms with Gasteiger partial charge in [-0.15, -0.1) is 0 Å². The maximum Gasteiger partial charge on any atom is 0.0426 e. The molecule has 1 atom stereocenters. The summed E-state index contributed by atoms with van der Waals surface area (Å²) in [4.78, 5) is 2.29. The van der Waals surface area contributed by atoms with Gasteiger partial charge in [-0.05, 0) is 48.7 Å². The second-order valence-corrected chi connectivity index (χ2v) is 5.90. The molecule has 0 aliphatic rings. The zero-order chi connectivity index (χ0) is 15.2. The Morgan fingerprint density at radius 2 is 1.81 bits per heavy atom. The third-order valence-corrected chi connectivity index (χ3v) is 3.92. The largest absolute Gasteiger partial charge is 0.370 e.